The number of rotatable bonds is 3. The zero-order chi connectivity index (χ0) is 12.8. The van der Waals surface area contributed by atoms with Crippen LogP contribution in [0.5, 0.6) is 0 Å². The Balaban J connectivity index is 2.14. The van der Waals surface area contributed by atoms with Crippen LogP contribution in [0, 0.1) is 0 Å². The number of amidine groups is 1. The third-order valence-electron chi connectivity index (χ3n) is 2.09. The molecule has 90 valence electrons. The van der Waals surface area contributed by atoms with Gasteiger partial charge in [-0.2, -0.15) is 5.10 Å². The summed E-state index contributed by atoms with van der Waals surface area (Å²) in [7, 11) is 0. The molecule has 0 saturated heterocycles. The van der Waals surface area contributed by atoms with E-state index in [-0.39, 0.29) is 5.84 Å². The molecule has 0 fully saturated rings. The molecule has 2 rings (SSSR count). The van der Waals surface area contributed by atoms with Gasteiger partial charge in [-0.25, -0.2) is 4.98 Å². The normalized spacial score (nSPS) is 11.9. The molecule has 0 radical (unpaired) electrons. The Labute approximate surface area is 109 Å². The lowest BCUT2D eigenvalue weighted by Crippen LogP contribution is -2.14. The number of benzene rings is 1. The summed E-state index contributed by atoms with van der Waals surface area (Å²) >= 11 is 5.96. The first-order chi connectivity index (χ1) is 8.77. The summed E-state index contributed by atoms with van der Waals surface area (Å²) in [6, 6.07) is 7.32. The predicted molar refractivity (Wildman–Crippen MR) is 71.8 cm³/mol. The molecule has 0 aliphatic rings. The van der Waals surface area contributed by atoms with E-state index in [2.05, 4.69) is 20.2 Å². The van der Waals surface area contributed by atoms with E-state index in [4.69, 9.17) is 17.3 Å². The van der Waals surface area contributed by atoms with E-state index in [1.54, 1.807) is 12.3 Å². The molecule has 0 spiro atoms. The fraction of sp³-hybridized carbons (Fsp3) is 0. The Kier molecular flexibility index (Phi) is 3.98. The minimum Gasteiger partial charge on any atom is -0.380 e. The van der Waals surface area contributed by atoms with Crippen molar-refractivity contribution >= 4 is 23.7 Å². The molecule has 0 aliphatic heterocycles. The van der Waals surface area contributed by atoms with Crippen molar-refractivity contribution in [2.24, 2.45) is 15.9 Å². The van der Waals surface area contributed by atoms with Crippen molar-refractivity contribution < 1.29 is 0 Å². The highest BCUT2D eigenvalue weighted by molar-refractivity contribution is 6.33. The number of hydrogen-bond acceptors (Lipinski definition) is 4. The maximum atomic E-state index is 5.96. The van der Waals surface area contributed by atoms with E-state index < -0.39 is 0 Å². The van der Waals surface area contributed by atoms with Gasteiger partial charge in [0, 0.05) is 23.0 Å². The molecule has 0 atom stereocenters. The van der Waals surface area contributed by atoms with Crippen LogP contribution in [0.1, 0.15) is 11.3 Å². The third-order valence-corrected chi connectivity index (χ3v) is 2.44. The summed E-state index contributed by atoms with van der Waals surface area (Å²) in [5.41, 5.74) is 6.95. The van der Waals surface area contributed by atoms with E-state index in [0.29, 0.717) is 10.7 Å². The molecule has 1 heterocycles. The van der Waals surface area contributed by atoms with Gasteiger partial charge in [0.1, 0.15) is 5.69 Å². The van der Waals surface area contributed by atoms with E-state index in [9.17, 15) is 0 Å². The lowest BCUT2D eigenvalue weighted by Gasteiger charge is -1.96. The molecule has 2 aromatic rings. The van der Waals surface area contributed by atoms with Gasteiger partial charge in [0.2, 0.25) is 0 Å². The van der Waals surface area contributed by atoms with Crippen molar-refractivity contribution in [3.05, 3.63) is 59.1 Å². The fourth-order valence-corrected chi connectivity index (χ4v) is 1.40. The average Bonchev–Trinajstić information content (AvgIpc) is 2.42. The SMILES string of the molecule is N/C(=N/N=C\c1ccccc1Cl)c1cnccn1. The third kappa shape index (κ3) is 3.11. The van der Waals surface area contributed by atoms with Crippen molar-refractivity contribution in [1.82, 2.24) is 9.97 Å². The van der Waals surface area contributed by atoms with Crippen LogP contribution in [0.25, 0.3) is 0 Å². The van der Waals surface area contributed by atoms with Crippen LogP contribution >= 0.6 is 11.6 Å². The summed E-state index contributed by atoms with van der Waals surface area (Å²) in [6.45, 7) is 0. The van der Waals surface area contributed by atoms with Gasteiger partial charge in [-0.15, -0.1) is 5.10 Å². The first kappa shape index (κ1) is 12.2. The second-order valence-corrected chi connectivity index (χ2v) is 3.75. The summed E-state index contributed by atoms with van der Waals surface area (Å²) in [4.78, 5) is 7.89. The molecule has 0 amide bonds. The van der Waals surface area contributed by atoms with Crippen molar-refractivity contribution in [3.63, 3.8) is 0 Å². The van der Waals surface area contributed by atoms with Gasteiger partial charge in [-0.05, 0) is 6.07 Å². The lowest BCUT2D eigenvalue weighted by molar-refractivity contribution is 1.15. The Morgan fingerprint density at radius 2 is 2.11 bits per heavy atom. The lowest BCUT2D eigenvalue weighted by atomic mass is 10.2. The molecule has 2 N–H and O–H groups in total. The highest BCUT2D eigenvalue weighted by Gasteiger charge is 1.98. The average molecular weight is 260 g/mol. The minimum atomic E-state index is 0.200. The molecule has 0 saturated carbocycles. The maximum Gasteiger partial charge on any atom is 0.173 e. The Morgan fingerprint density at radius 3 is 2.83 bits per heavy atom. The van der Waals surface area contributed by atoms with Gasteiger partial charge >= 0.3 is 0 Å². The molecule has 6 heteroatoms. The molecule has 1 aromatic carbocycles. The quantitative estimate of drug-likeness (QED) is 0.519. The molecule has 18 heavy (non-hydrogen) atoms. The van der Waals surface area contributed by atoms with Crippen LogP contribution < -0.4 is 5.73 Å². The highest BCUT2D eigenvalue weighted by Crippen LogP contribution is 2.12. The standard InChI is InChI=1S/C12H10ClN5/c13-10-4-2-1-3-9(10)7-17-18-12(14)11-8-15-5-6-16-11/h1-8H,(H2,14,18)/b17-7-. The molecular formula is C12H10ClN5. The number of aromatic nitrogens is 2. The Morgan fingerprint density at radius 1 is 1.28 bits per heavy atom. The Bertz CT molecular complexity index is 580. The fourth-order valence-electron chi connectivity index (χ4n) is 1.22. The molecule has 0 bridgehead atoms. The summed E-state index contributed by atoms with van der Waals surface area (Å²) < 4.78 is 0. The minimum absolute atomic E-state index is 0.200. The molecule has 1 aromatic heterocycles. The molecular weight excluding hydrogens is 250 g/mol. The van der Waals surface area contributed by atoms with Crippen molar-refractivity contribution in [2.45, 2.75) is 0 Å². The van der Waals surface area contributed by atoms with E-state index >= 15 is 0 Å². The second-order valence-electron chi connectivity index (χ2n) is 3.34. The van der Waals surface area contributed by atoms with Crippen LogP contribution in [0.2, 0.25) is 5.02 Å². The number of hydrogen-bond donors (Lipinski definition) is 1. The van der Waals surface area contributed by atoms with Gasteiger partial charge in [0.15, 0.2) is 5.84 Å². The van der Waals surface area contributed by atoms with Crippen LogP contribution in [0.3, 0.4) is 0 Å². The largest absolute Gasteiger partial charge is 0.380 e. The molecule has 0 aliphatic carbocycles. The summed E-state index contributed by atoms with van der Waals surface area (Å²) in [5.74, 6) is 0.200. The smallest absolute Gasteiger partial charge is 0.173 e. The van der Waals surface area contributed by atoms with Gasteiger partial charge in [-0.3, -0.25) is 4.98 Å². The summed E-state index contributed by atoms with van der Waals surface area (Å²) in [6.07, 6.45) is 6.15. The zero-order valence-electron chi connectivity index (χ0n) is 9.36. The number of halogens is 1. The topological polar surface area (TPSA) is 76.5 Å². The predicted octanol–water partition coefficient (Wildman–Crippen LogP) is 1.87. The first-order valence-electron chi connectivity index (χ1n) is 5.15. The molecule has 5 nitrogen and oxygen atoms in total. The van der Waals surface area contributed by atoms with Gasteiger partial charge in [-0.1, -0.05) is 29.8 Å². The second kappa shape index (κ2) is 5.88. The monoisotopic (exact) mass is 259 g/mol. The van der Waals surface area contributed by atoms with Crippen LogP contribution in [0.15, 0.2) is 53.1 Å². The Hall–Kier alpha value is -2.27. The van der Waals surface area contributed by atoms with Gasteiger partial charge in [0.05, 0.1) is 12.4 Å². The van der Waals surface area contributed by atoms with Crippen molar-refractivity contribution in [1.29, 1.82) is 0 Å². The highest BCUT2D eigenvalue weighted by atomic mass is 35.5. The van der Waals surface area contributed by atoms with Crippen LogP contribution in [-0.2, 0) is 0 Å². The number of nitrogens with two attached hydrogens (primary N) is 1. The van der Waals surface area contributed by atoms with Crippen molar-refractivity contribution in [2.75, 3.05) is 0 Å². The summed E-state index contributed by atoms with van der Waals surface area (Å²) in [5, 5.41) is 8.30. The van der Waals surface area contributed by atoms with Gasteiger partial charge in [0.25, 0.3) is 0 Å². The van der Waals surface area contributed by atoms with E-state index in [0.717, 1.165) is 5.56 Å². The van der Waals surface area contributed by atoms with Crippen molar-refractivity contribution in [3.8, 4) is 0 Å². The zero-order valence-corrected chi connectivity index (χ0v) is 10.1. The first-order valence-corrected chi connectivity index (χ1v) is 5.52. The van der Waals surface area contributed by atoms with E-state index in [1.807, 2.05) is 18.2 Å². The van der Waals surface area contributed by atoms with Gasteiger partial charge < -0.3 is 5.73 Å². The molecule has 0 unspecified atom stereocenters. The van der Waals surface area contributed by atoms with E-state index in [1.165, 1.54) is 18.6 Å². The van der Waals surface area contributed by atoms with Crippen LogP contribution in [0.4, 0.5) is 0 Å². The number of nitrogens with zero attached hydrogens (tertiary/aromatic N) is 4. The van der Waals surface area contributed by atoms with Crippen LogP contribution in [-0.4, -0.2) is 22.0 Å². The maximum absolute atomic E-state index is 5.96.